The van der Waals surface area contributed by atoms with E-state index in [1.807, 2.05) is 19.1 Å². The summed E-state index contributed by atoms with van der Waals surface area (Å²) in [6, 6.07) is 5.41. The molecule has 0 bridgehead atoms. The van der Waals surface area contributed by atoms with E-state index in [-0.39, 0.29) is 0 Å². The number of sulfonamides is 1. The number of nitrogens with zero attached hydrogens (tertiary/aromatic N) is 1. The molecule has 3 nitrogen and oxygen atoms in total. The fourth-order valence-corrected chi connectivity index (χ4v) is 5.24. The summed E-state index contributed by atoms with van der Waals surface area (Å²) in [6.07, 6.45) is 1.10. The molecule has 1 heterocycles. The summed E-state index contributed by atoms with van der Waals surface area (Å²) in [4.78, 5) is 0.420. The normalized spacial score (nSPS) is 25.5. The molecule has 0 aromatic heterocycles. The van der Waals surface area contributed by atoms with E-state index >= 15 is 0 Å². The first-order chi connectivity index (χ1) is 8.80. The third kappa shape index (κ3) is 3.20. The Balaban J connectivity index is 2.39. The topological polar surface area (TPSA) is 37.4 Å². The molecular weight excluding hydrogens is 326 g/mol. The zero-order chi connectivity index (χ0) is 14.2. The van der Waals surface area contributed by atoms with Gasteiger partial charge in [-0.25, -0.2) is 8.42 Å². The highest BCUT2D eigenvalue weighted by molar-refractivity contribution is 9.10. The van der Waals surface area contributed by atoms with Crippen LogP contribution in [0.3, 0.4) is 0 Å². The van der Waals surface area contributed by atoms with Crippen LogP contribution in [0.15, 0.2) is 27.6 Å². The first kappa shape index (κ1) is 15.0. The summed E-state index contributed by atoms with van der Waals surface area (Å²) in [7, 11) is -3.38. The average molecular weight is 346 g/mol. The number of hydrogen-bond donors (Lipinski definition) is 0. The molecule has 1 aromatic carbocycles. The van der Waals surface area contributed by atoms with E-state index in [9.17, 15) is 8.42 Å². The van der Waals surface area contributed by atoms with Crippen molar-refractivity contribution in [3.05, 3.63) is 28.2 Å². The zero-order valence-corrected chi connectivity index (χ0v) is 14.0. The molecule has 1 fully saturated rings. The number of benzene rings is 1. The van der Waals surface area contributed by atoms with Crippen LogP contribution in [0.5, 0.6) is 0 Å². The summed E-state index contributed by atoms with van der Waals surface area (Å²) < 4.78 is 28.0. The van der Waals surface area contributed by atoms with Gasteiger partial charge in [0.15, 0.2) is 0 Å². The van der Waals surface area contributed by atoms with Crippen molar-refractivity contribution in [2.45, 2.75) is 32.1 Å². The van der Waals surface area contributed by atoms with E-state index in [2.05, 4.69) is 29.8 Å². The molecular formula is C14H20BrNO2S. The smallest absolute Gasteiger partial charge is 0.207 e. The van der Waals surface area contributed by atoms with Gasteiger partial charge in [0, 0.05) is 17.6 Å². The van der Waals surface area contributed by atoms with Crippen LogP contribution >= 0.6 is 15.9 Å². The number of halogens is 1. The lowest BCUT2D eigenvalue weighted by molar-refractivity contribution is 0.222. The van der Waals surface area contributed by atoms with Gasteiger partial charge in [-0.1, -0.05) is 35.8 Å². The minimum absolute atomic E-state index is 0.420. The SMILES string of the molecule is Cc1ccc(Br)cc1S(=O)(=O)N1CC(C)CC(C)C1. The Morgan fingerprint density at radius 3 is 2.37 bits per heavy atom. The lowest BCUT2D eigenvalue weighted by atomic mass is 9.94. The molecule has 0 saturated carbocycles. The Bertz CT molecular complexity index is 561. The molecule has 1 aliphatic heterocycles. The number of hydrogen-bond acceptors (Lipinski definition) is 2. The van der Waals surface area contributed by atoms with E-state index in [0.29, 0.717) is 29.8 Å². The van der Waals surface area contributed by atoms with Gasteiger partial charge in [-0.15, -0.1) is 0 Å². The van der Waals surface area contributed by atoms with Crippen molar-refractivity contribution in [3.8, 4) is 0 Å². The van der Waals surface area contributed by atoms with E-state index in [1.165, 1.54) is 0 Å². The molecule has 0 radical (unpaired) electrons. The Hall–Kier alpha value is -0.390. The summed E-state index contributed by atoms with van der Waals surface area (Å²) in [6.45, 7) is 7.32. The summed E-state index contributed by atoms with van der Waals surface area (Å²) in [5.41, 5.74) is 0.800. The Morgan fingerprint density at radius 2 is 1.79 bits per heavy atom. The van der Waals surface area contributed by atoms with Crippen LogP contribution in [0.2, 0.25) is 0 Å². The van der Waals surface area contributed by atoms with Crippen LogP contribution in [0.4, 0.5) is 0 Å². The Kier molecular flexibility index (Phi) is 4.38. The second-order valence-corrected chi connectivity index (χ2v) is 8.50. The molecule has 0 amide bonds. The maximum absolute atomic E-state index is 12.8. The maximum atomic E-state index is 12.8. The van der Waals surface area contributed by atoms with E-state index < -0.39 is 10.0 Å². The second kappa shape index (κ2) is 5.54. The molecule has 1 saturated heterocycles. The van der Waals surface area contributed by atoms with E-state index in [4.69, 9.17) is 0 Å². The summed E-state index contributed by atoms with van der Waals surface area (Å²) in [5.74, 6) is 0.844. The molecule has 1 aromatic rings. The first-order valence-corrected chi connectivity index (χ1v) is 8.80. The van der Waals surface area contributed by atoms with Crippen LogP contribution < -0.4 is 0 Å². The van der Waals surface area contributed by atoms with Crippen molar-refractivity contribution in [2.75, 3.05) is 13.1 Å². The summed E-state index contributed by atoms with van der Waals surface area (Å²) >= 11 is 3.35. The highest BCUT2D eigenvalue weighted by atomic mass is 79.9. The van der Waals surface area contributed by atoms with Crippen molar-refractivity contribution in [2.24, 2.45) is 11.8 Å². The van der Waals surface area contributed by atoms with Crippen LogP contribution in [0.1, 0.15) is 25.8 Å². The first-order valence-electron chi connectivity index (χ1n) is 6.57. The van der Waals surface area contributed by atoms with Gasteiger partial charge in [0.25, 0.3) is 0 Å². The minimum Gasteiger partial charge on any atom is -0.207 e. The Labute approximate surface area is 124 Å². The van der Waals surface area contributed by atoms with Crippen molar-refractivity contribution >= 4 is 26.0 Å². The molecule has 19 heavy (non-hydrogen) atoms. The molecule has 0 N–H and O–H groups in total. The quantitative estimate of drug-likeness (QED) is 0.823. The predicted octanol–water partition coefficient (Wildman–Crippen LogP) is 3.42. The average Bonchev–Trinajstić information content (AvgIpc) is 2.31. The van der Waals surface area contributed by atoms with Gasteiger partial charge in [0.05, 0.1) is 4.90 Å². The van der Waals surface area contributed by atoms with Gasteiger partial charge >= 0.3 is 0 Å². The largest absolute Gasteiger partial charge is 0.243 e. The number of rotatable bonds is 2. The number of aryl methyl sites for hydroxylation is 1. The van der Waals surface area contributed by atoms with Crippen molar-refractivity contribution in [3.63, 3.8) is 0 Å². The van der Waals surface area contributed by atoms with Gasteiger partial charge in [-0.2, -0.15) is 4.31 Å². The van der Waals surface area contributed by atoms with Gasteiger partial charge in [0.2, 0.25) is 10.0 Å². The fraction of sp³-hybridized carbons (Fsp3) is 0.571. The molecule has 2 atom stereocenters. The standard InChI is InChI=1S/C14H20BrNO2S/c1-10-6-11(2)9-16(8-10)19(17,18)14-7-13(15)5-4-12(14)3/h4-5,7,10-11H,6,8-9H2,1-3H3. The fourth-order valence-electron chi connectivity index (χ4n) is 2.79. The minimum atomic E-state index is -3.38. The highest BCUT2D eigenvalue weighted by Gasteiger charge is 2.32. The molecule has 1 aliphatic rings. The molecule has 0 spiro atoms. The third-order valence-corrected chi connectivity index (χ3v) is 6.07. The monoisotopic (exact) mass is 345 g/mol. The van der Waals surface area contributed by atoms with Gasteiger partial charge < -0.3 is 0 Å². The third-order valence-electron chi connectivity index (χ3n) is 3.60. The lowest BCUT2D eigenvalue weighted by Crippen LogP contribution is -2.42. The highest BCUT2D eigenvalue weighted by Crippen LogP contribution is 2.29. The molecule has 2 unspecified atom stereocenters. The van der Waals surface area contributed by atoms with Crippen molar-refractivity contribution < 1.29 is 8.42 Å². The maximum Gasteiger partial charge on any atom is 0.243 e. The summed E-state index contributed by atoms with van der Waals surface area (Å²) in [5, 5.41) is 0. The molecule has 106 valence electrons. The van der Waals surface area contributed by atoms with E-state index in [0.717, 1.165) is 16.5 Å². The van der Waals surface area contributed by atoms with Gasteiger partial charge in [-0.05, 0) is 42.9 Å². The molecule has 0 aliphatic carbocycles. The van der Waals surface area contributed by atoms with Crippen LogP contribution in [0.25, 0.3) is 0 Å². The van der Waals surface area contributed by atoms with Gasteiger partial charge in [-0.3, -0.25) is 0 Å². The lowest BCUT2D eigenvalue weighted by Gasteiger charge is -2.34. The van der Waals surface area contributed by atoms with Crippen LogP contribution in [0, 0.1) is 18.8 Å². The Morgan fingerprint density at radius 1 is 1.21 bits per heavy atom. The van der Waals surface area contributed by atoms with Gasteiger partial charge in [0.1, 0.15) is 0 Å². The van der Waals surface area contributed by atoms with Crippen molar-refractivity contribution in [1.29, 1.82) is 0 Å². The zero-order valence-electron chi connectivity index (χ0n) is 11.6. The van der Waals surface area contributed by atoms with Crippen molar-refractivity contribution in [1.82, 2.24) is 4.31 Å². The molecule has 2 rings (SSSR count). The second-order valence-electron chi connectivity index (χ2n) is 5.68. The predicted molar refractivity (Wildman–Crippen MR) is 80.6 cm³/mol. The molecule has 5 heteroatoms. The van der Waals surface area contributed by atoms with E-state index in [1.54, 1.807) is 10.4 Å². The van der Waals surface area contributed by atoms with Crippen LogP contribution in [-0.2, 0) is 10.0 Å². The van der Waals surface area contributed by atoms with Crippen LogP contribution in [-0.4, -0.2) is 25.8 Å². The number of piperidine rings is 1.